The van der Waals surface area contributed by atoms with Gasteiger partial charge in [0, 0.05) is 18.3 Å². The molecular weight excluding hydrogens is 276 g/mol. The number of piperidine rings is 1. The molecule has 0 aromatic heterocycles. The summed E-state index contributed by atoms with van der Waals surface area (Å²) in [5, 5.41) is 0. The lowest BCUT2D eigenvalue weighted by Crippen LogP contribution is -2.47. The summed E-state index contributed by atoms with van der Waals surface area (Å²) < 4.78 is 27.4. The summed E-state index contributed by atoms with van der Waals surface area (Å²) in [7, 11) is -3.46. The van der Waals surface area contributed by atoms with E-state index in [0.717, 1.165) is 32.5 Å². The standard InChI is InChI=1S/C13H22N4O2S/c1-2-17-9-3-4-12(10-17)16-20(18,19)13-7-5-11(15-14)6-8-13/h5-8,12,15-16H,2-4,9-10,14H2,1H3. The van der Waals surface area contributed by atoms with E-state index in [2.05, 4.69) is 22.0 Å². The summed E-state index contributed by atoms with van der Waals surface area (Å²) in [5.74, 6) is 5.27. The third kappa shape index (κ3) is 3.69. The van der Waals surface area contributed by atoms with Crippen molar-refractivity contribution >= 4 is 15.7 Å². The fraction of sp³-hybridized carbons (Fsp3) is 0.538. The number of rotatable bonds is 5. The molecule has 4 N–H and O–H groups in total. The topological polar surface area (TPSA) is 87.5 Å². The van der Waals surface area contributed by atoms with E-state index in [0.29, 0.717) is 5.69 Å². The van der Waals surface area contributed by atoms with Crippen molar-refractivity contribution in [1.82, 2.24) is 9.62 Å². The number of likely N-dealkylation sites (N-methyl/N-ethyl adjacent to an activating group) is 1. The van der Waals surface area contributed by atoms with Crippen LogP contribution in [0.1, 0.15) is 19.8 Å². The Bertz CT molecular complexity index is 530. The lowest BCUT2D eigenvalue weighted by Gasteiger charge is -2.32. The normalized spacial score (nSPS) is 20.8. The highest BCUT2D eigenvalue weighted by atomic mass is 32.2. The van der Waals surface area contributed by atoms with Crippen LogP contribution in [0.5, 0.6) is 0 Å². The average Bonchev–Trinajstić information content (AvgIpc) is 2.47. The highest BCUT2D eigenvalue weighted by molar-refractivity contribution is 7.89. The summed E-state index contributed by atoms with van der Waals surface area (Å²) in [4.78, 5) is 2.53. The van der Waals surface area contributed by atoms with Crippen molar-refractivity contribution in [1.29, 1.82) is 0 Å². The van der Waals surface area contributed by atoms with E-state index in [4.69, 9.17) is 5.84 Å². The van der Waals surface area contributed by atoms with Gasteiger partial charge in [0.15, 0.2) is 0 Å². The van der Waals surface area contributed by atoms with Crippen molar-refractivity contribution in [3.63, 3.8) is 0 Å². The molecule has 1 heterocycles. The van der Waals surface area contributed by atoms with E-state index >= 15 is 0 Å². The predicted molar refractivity (Wildman–Crippen MR) is 79.7 cm³/mol. The van der Waals surface area contributed by atoms with Crippen molar-refractivity contribution in [2.45, 2.75) is 30.7 Å². The number of sulfonamides is 1. The molecule has 1 aliphatic rings. The van der Waals surface area contributed by atoms with Crippen LogP contribution in [-0.2, 0) is 10.0 Å². The molecule has 1 unspecified atom stereocenters. The maximum atomic E-state index is 12.3. The first-order valence-corrected chi connectivity index (χ1v) is 8.35. The van der Waals surface area contributed by atoms with Crippen LogP contribution in [0.25, 0.3) is 0 Å². The second-order valence-electron chi connectivity index (χ2n) is 5.02. The number of hydrogen-bond donors (Lipinski definition) is 3. The second-order valence-corrected chi connectivity index (χ2v) is 6.74. The number of benzene rings is 1. The molecule has 1 atom stereocenters. The maximum absolute atomic E-state index is 12.3. The maximum Gasteiger partial charge on any atom is 0.240 e. The molecular formula is C13H22N4O2S. The zero-order valence-corrected chi connectivity index (χ0v) is 12.5. The Balaban J connectivity index is 2.06. The van der Waals surface area contributed by atoms with Gasteiger partial charge in [-0.1, -0.05) is 6.92 Å². The Morgan fingerprint density at radius 3 is 2.65 bits per heavy atom. The minimum absolute atomic E-state index is 0.0130. The van der Waals surface area contributed by atoms with Crippen molar-refractivity contribution in [3.05, 3.63) is 24.3 Å². The molecule has 1 fully saturated rings. The second kappa shape index (κ2) is 6.53. The van der Waals surface area contributed by atoms with Gasteiger partial charge < -0.3 is 10.3 Å². The molecule has 7 heteroatoms. The van der Waals surface area contributed by atoms with Gasteiger partial charge >= 0.3 is 0 Å². The Hall–Kier alpha value is -1.15. The third-order valence-electron chi connectivity index (χ3n) is 3.61. The van der Waals surface area contributed by atoms with E-state index in [1.54, 1.807) is 24.3 Å². The molecule has 0 spiro atoms. The Kier molecular flexibility index (Phi) is 4.98. The van der Waals surface area contributed by atoms with Gasteiger partial charge in [-0.2, -0.15) is 0 Å². The van der Waals surface area contributed by atoms with Gasteiger partial charge in [-0.3, -0.25) is 5.84 Å². The molecule has 1 saturated heterocycles. The molecule has 0 aliphatic carbocycles. The molecule has 1 aromatic carbocycles. The SMILES string of the molecule is CCN1CCCC(NS(=O)(=O)c2ccc(NN)cc2)C1. The average molecular weight is 298 g/mol. The van der Waals surface area contributed by atoms with E-state index in [1.165, 1.54) is 0 Å². The van der Waals surface area contributed by atoms with Crippen LogP contribution in [0, 0.1) is 0 Å². The summed E-state index contributed by atoms with van der Waals surface area (Å²) in [6, 6.07) is 6.39. The van der Waals surface area contributed by atoms with Crippen LogP contribution in [0.3, 0.4) is 0 Å². The molecule has 6 nitrogen and oxygen atoms in total. The minimum atomic E-state index is -3.46. The number of nitrogens with zero attached hydrogens (tertiary/aromatic N) is 1. The lowest BCUT2D eigenvalue weighted by atomic mass is 10.1. The summed E-state index contributed by atoms with van der Waals surface area (Å²) >= 11 is 0. The van der Waals surface area contributed by atoms with Gasteiger partial charge in [0.05, 0.1) is 4.90 Å². The number of likely N-dealkylation sites (tertiary alicyclic amines) is 1. The van der Waals surface area contributed by atoms with Crippen molar-refractivity contribution < 1.29 is 8.42 Å². The molecule has 112 valence electrons. The smallest absolute Gasteiger partial charge is 0.240 e. The van der Waals surface area contributed by atoms with Gasteiger partial charge in [-0.05, 0) is 50.2 Å². The zero-order chi connectivity index (χ0) is 14.6. The number of anilines is 1. The van der Waals surface area contributed by atoms with Crippen LogP contribution in [0.4, 0.5) is 5.69 Å². The summed E-state index contributed by atoms with van der Waals surface area (Å²) in [6.07, 6.45) is 1.91. The van der Waals surface area contributed by atoms with E-state index < -0.39 is 10.0 Å². The lowest BCUT2D eigenvalue weighted by molar-refractivity contribution is 0.211. The minimum Gasteiger partial charge on any atom is -0.324 e. The van der Waals surface area contributed by atoms with Crippen LogP contribution in [-0.4, -0.2) is 39.0 Å². The van der Waals surface area contributed by atoms with E-state index in [-0.39, 0.29) is 10.9 Å². The van der Waals surface area contributed by atoms with Crippen LogP contribution in [0.15, 0.2) is 29.2 Å². The van der Waals surface area contributed by atoms with Gasteiger partial charge in [-0.25, -0.2) is 13.1 Å². The Morgan fingerprint density at radius 1 is 1.35 bits per heavy atom. The number of nitrogens with one attached hydrogen (secondary N) is 2. The fourth-order valence-corrected chi connectivity index (χ4v) is 3.72. The monoisotopic (exact) mass is 298 g/mol. The highest BCUT2D eigenvalue weighted by Gasteiger charge is 2.24. The number of nitrogen functional groups attached to an aromatic ring is 1. The zero-order valence-electron chi connectivity index (χ0n) is 11.7. The molecule has 20 heavy (non-hydrogen) atoms. The number of hydrazine groups is 1. The van der Waals surface area contributed by atoms with Gasteiger partial charge in [0.25, 0.3) is 0 Å². The molecule has 0 radical (unpaired) electrons. The first kappa shape index (κ1) is 15.2. The van der Waals surface area contributed by atoms with Gasteiger partial charge in [0.2, 0.25) is 10.0 Å². The molecule has 2 rings (SSSR count). The molecule has 0 saturated carbocycles. The molecule has 1 aromatic rings. The van der Waals surface area contributed by atoms with E-state index in [9.17, 15) is 8.42 Å². The quantitative estimate of drug-likeness (QED) is 0.551. The summed E-state index contributed by atoms with van der Waals surface area (Å²) in [5.41, 5.74) is 3.16. The van der Waals surface area contributed by atoms with Crippen LogP contribution in [0.2, 0.25) is 0 Å². The van der Waals surface area contributed by atoms with Gasteiger partial charge in [0.1, 0.15) is 0 Å². The van der Waals surface area contributed by atoms with Gasteiger partial charge in [-0.15, -0.1) is 0 Å². The van der Waals surface area contributed by atoms with Crippen LogP contribution >= 0.6 is 0 Å². The largest absolute Gasteiger partial charge is 0.324 e. The predicted octanol–water partition coefficient (Wildman–Crippen LogP) is 0.735. The highest BCUT2D eigenvalue weighted by Crippen LogP contribution is 2.16. The molecule has 0 bridgehead atoms. The summed E-state index contributed by atoms with van der Waals surface area (Å²) in [6.45, 7) is 4.87. The van der Waals surface area contributed by atoms with Crippen molar-refractivity contribution in [2.24, 2.45) is 5.84 Å². The van der Waals surface area contributed by atoms with E-state index in [1.807, 2.05) is 0 Å². The Morgan fingerprint density at radius 2 is 2.05 bits per heavy atom. The van der Waals surface area contributed by atoms with Crippen LogP contribution < -0.4 is 16.0 Å². The third-order valence-corrected chi connectivity index (χ3v) is 5.14. The van der Waals surface area contributed by atoms with Crippen molar-refractivity contribution in [3.8, 4) is 0 Å². The first-order valence-electron chi connectivity index (χ1n) is 6.86. The molecule has 1 aliphatic heterocycles. The van der Waals surface area contributed by atoms with Crippen molar-refractivity contribution in [2.75, 3.05) is 25.1 Å². The molecule has 0 amide bonds. The number of hydrogen-bond acceptors (Lipinski definition) is 5. The number of nitrogens with two attached hydrogens (primary N) is 1. The fourth-order valence-electron chi connectivity index (χ4n) is 2.46. The Labute approximate surface area is 120 Å². The first-order chi connectivity index (χ1) is 9.55.